The summed E-state index contributed by atoms with van der Waals surface area (Å²) in [4.78, 5) is 0. The van der Waals surface area contributed by atoms with E-state index in [1.165, 1.54) is 0 Å². The number of benzene rings is 1. The molecule has 1 rings (SSSR count). The minimum Gasteiger partial charge on any atom is -0.389 e. The lowest BCUT2D eigenvalue weighted by Crippen LogP contribution is -2.41. The third kappa shape index (κ3) is 6.16. The van der Waals surface area contributed by atoms with Gasteiger partial charge in [-0.1, -0.05) is 30.3 Å². The van der Waals surface area contributed by atoms with E-state index in [-0.39, 0.29) is 6.04 Å². The second kappa shape index (κ2) is 8.27. The van der Waals surface area contributed by atoms with Gasteiger partial charge in [0.15, 0.2) is 0 Å². The number of rotatable bonds is 9. The Morgan fingerprint density at radius 2 is 1.89 bits per heavy atom. The van der Waals surface area contributed by atoms with Crippen LogP contribution in [-0.2, 0) is 9.47 Å². The lowest BCUT2D eigenvalue weighted by atomic mass is 10.0. The molecule has 0 fully saturated rings. The zero-order valence-corrected chi connectivity index (χ0v) is 12.1. The summed E-state index contributed by atoms with van der Waals surface area (Å²) in [6.45, 7) is 3.44. The maximum Gasteiger partial charge on any atom is 0.0765 e. The number of ether oxygens (including phenoxy) is 2. The van der Waals surface area contributed by atoms with Gasteiger partial charge >= 0.3 is 0 Å². The van der Waals surface area contributed by atoms with Crippen molar-refractivity contribution < 1.29 is 14.6 Å². The van der Waals surface area contributed by atoms with Crippen molar-refractivity contribution in [3.63, 3.8) is 0 Å². The van der Waals surface area contributed by atoms with Crippen LogP contribution in [0, 0.1) is 0 Å². The van der Waals surface area contributed by atoms with Crippen LogP contribution in [0.2, 0.25) is 0 Å². The molecule has 0 saturated heterocycles. The largest absolute Gasteiger partial charge is 0.389 e. The Hall–Kier alpha value is -0.940. The maximum atomic E-state index is 10.2. The highest BCUT2D eigenvalue weighted by Crippen LogP contribution is 2.15. The summed E-state index contributed by atoms with van der Waals surface area (Å²) in [6, 6.07) is 10.2. The second-order valence-electron chi connectivity index (χ2n) is 5.04. The van der Waals surface area contributed by atoms with Gasteiger partial charge in [-0.15, -0.1) is 0 Å². The first-order chi connectivity index (χ1) is 9.09. The monoisotopic (exact) mass is 267 g/mol. The Labute approximate surface area is 115 Å². The quantitative estimate of drug-likeness (QED) is 0.716. The van der Waals surface area contributed by atoms with Gasteiger partial charge in [-0.05, 0) is 12.5 Å². The summed E-state index contributed by atoms with van der Waals surface area (Å²) in [5.41, 5.74) is 0.378. The fourth-order valence-corrected chi connectivity index (χ4v) is 1.88. The summed E-state index contributed by atoms with van der Waals surface area (Å²) in [5.74, 6) is 0. The van der Waals surface area contributed by atoms with Crippen LogP contribution in [-0.4, -0.2) is 44.7 Å². The molecule has 0 aliphatic carbocycles. The standard InChI is InChI=1S/C15H25NO3/c1-15(17,9-10-18-2)12-16-14(11-19-3)13-7-5-4-6-8-13/h4-8,14,16-17H,9-12H2,1-3H3. The molecule has 0 aliphatic heterocycles. The molecule has 0 bridgehead atoms. The minimum atomic E-state index is -0.781. The van der Waals surface area contributed by atoms with Crippen LogP contribution in [0.25, 0.3) is 0 Å². The van der Waals surface area contributed by atoms with Gasteiger partial charge in [0.05, 0.1) is 18.2 Å². The minimum absolute atomic E-state index is 0.0835. The van der Waals surface area contributed by atoms with Gasteiger partial charge in [-0.2, -0.15) is 0 Å². The highest BCUT2D eigenvalue weighted by atomic mass is 16.5. The number of nitrogens with one attached hydrogen (secondary N) is 1. The molecule has 2 unspecified atom stereocenters. The van der Waals surface area contributed by atoms with Crippen molar-refractivity contribution in [1.29, 1.82) is 0 Å². The van der Waals surface area contributed by atoms with Gasteiger partial charge in [0.1, 0.15) is 0 Å². The molecule has 0 spiro atoms. The molecule has 4 heteroatoms. The Morgan fingerprint density at radius 1 is 1.21 bits per heavy atom. The Bertz CT molecular complexity index is 341. The van der Waals surface area contributed by atoms with Crippen LogP contribution < -0.4 is 5.32 Å². The zero-order valence-electron chi connectivity index (χ0n) is 12.1. The van der Waals surface area contributed by atoms with Crippen molar-refractivity contribution in [2.24, 2.45) is 0 Å². The van der Waals surface area contributed by atoms with Crippen LogP contribution >= 0.6 is 0 Å². The molecular formula is C15H25NO3. The topological polar surface area (TPSA) is 50.7 Å². The predicted octanol–water partition coefficient (Wildman–Crippen LogP) is 1.75. The van der Waals surface area contributed by atoms with Crippen molar-refractivity contribution in [2.45, 2.75) is 25.0 Å². The summed E-state index contributed by atoms with van der Waals surface area (Å²) < 4.78 is 10.2. The molecular weight excluding hydrogens is 242 g/mol. The van der Waals surface area contributed by atoms with E-state index in [0.29, 0.717) is 26.2 Å². The molecule has 0 amide bonds. The highest BCUT2D eigenvalue weighted by Gasteiger charge is 2.22. The third-order valence-corrected chi connectivity index (χ3v) is 3.11. The van der Waals surface area contributed by atoms with E-state index in [9.17, 15) is 5.11 Å². The van der Waals surface area contributed by atoms with Crippen LogP contribution in [0.15, 0.2) is 30.3 Å². The molecule has 0 radical (unpaired) electrons. The first-order valence-electron chi connectivity index (χ1n) is 6.57. The average molecular weight is 267 g/mol. The van der Waals surface area contributed by atoms with Crippen molar-refractivity contribution in [1.82, 2.24) is 5.32 Å². The fourth-order valence-electron chi connectivity index (χ4n) is 1.88. The highest BCUT2D eigenvalue weighted by molar-refractivity contribution is 5.19. The first kappa shape index (κ1) is 16.1. The van der Waals surface area contributed by atoms with Gasteiger partial charge in [-0.25, -0.2) is 0 Å². The Morgan fingerprint density at radius 3 is 2.47 bits per heavy atom. The van der Waals surface area contributed by atoms with Gasteiger partial charge in [-0.3, -0.25) is 0 Å². The van der Waals surface area contributed by atoms with E-state index >= 15 is 0 Å². The molecule has 0 heterocycles. The second-order valence-corrected chi connectivity index (χ2v) is 5.04. The Kier molecular flexibility index (Phi) is 7.02. The normalized spacial score (nSPS) is 16.0. The summed E-state index contributed by atoms with van der Waals surface area (Å²) in [5, 5.41) is 13.6. The van der Waals surface area contributed by atoms with Crippen molar-refractivity contribution in [2.75, 3.05) is 34.0 Å². The Balaban J connectivity index is 2.55. The predicted molar refractivity (Wildman–Crippen MR) is 76.2 cm³/mol. The van der Waals surface area contributed by atoms with Gasteiger partial charge in [0, 0.05) is 33.8 Å². The molecule has 2 atom stereocenters. The van der Waals surface area contributed by atoms with E-state index in [2.05, 4.69) is 17.4 Å². The van der Waals surface area contributed by atoms with Gasteiger partial charge < -0.3 is 19.9 Å². The van der Waals surface area contributed by atoms with Crippen molar-refractivity contribution in [3.05, 3.63) is 35.9 Å². The molecule has 4 nitrogen and oxygen atoms in total. The summed E-state index contributed by atoms with van der Waals surface area (Å²) in [7, 11) is 3.32. The van der Waals surface area contributed by atoms with E-state index in [0.717, 1.165) is 5.56 Å². The number of methoxy groups -OCH3 is 2. The third-order valence-electron chi connectivity index (χ3n) is 3.11. The van der Waals surface area contributed by atoms with Crippen LogP contribution in [0.5, 0.6) is 0 Å². The van der Waals surface area contributed by atoms with Crippen LogP contribution in [0.3, 0.4) is 0 Å². The first-order valence-corrected chi connectivity index (χ1v) is 6.57. The van der Waals surface area contributed by atoms with Gasteiger partial charge in [0.2, 0.25) is 0 Å². The summed E-state index contributed by atoms with van der Waals surface area (Å²) in [6.07, 6.45) is 0.602. The van der Waals surface area contributed by atoms with E-state index in [1.807, 2.05) is 25.1 Å². The molecule has 108 valence electrons. The van der Waals surface area contributed by atoms with E-state index in [1.54, 1.807) is 14.2 Å². The molecule has 0 aliphatic rings. The van der Waals surface area contributed by atoms with E-state index < -0.39 is 5.60 Å². The molecule has 1 aromatic carbocycles. The number of hydrogen-bond donors (Lipinski definition) is 2. The maximum absolute atomic E-state index is 10.2. The van der Waals surface area contributed by atoms with Crippen molar-refractivity contribution >= 4 is 0 Å². The van der Waals surface area contributed by atoms with E-state index in [4.69, 9.17) is 9.47 Å². The molecule has 0 aromatic heterocycles. The van der Waals surface area contributed by atoms with Crippen LogP contribution in [0.1, 0.15) is 24.9 Å². The molecule has 2 N–H and O–H groups in total. The molecule has 19 heavy (non-hydrogen) atoms. The molecule has 0 saturated carbocycles. The zero-order chi connectivity index (χ0) is 14.1. The van der Waals surface area contributed by atoms with Crippen LogP contribution in [0.4, 0.5) is 0 Å². The summed E-state index contributed by atoms with van der Waals surface area (Å²) >= 11 is 0. The lowest BCUT2D eigenvalue weighted by molar-refractivity contribution is 0.0199. The number of hydrogen-bond acceptors (Lipinski definition) is 4. The van der Waals surface area contributed by atoms with Crippen molar-refractivity contribution in [3.8, 4) is 0 Å². The fraction of sp³-hybridized carbons (Fsp3) is 0.600. The average Bonchev–Trinajstić information content (AvgIpc) is 2.42. The SMILES string of the molecule is COCCC(C)(O)CNC(COC)c1ccccc1. The van der Waals surface area contributed by atoms with Gasteiger partial charge in [0.25, 0.3) is 0 Å². The molecule has 1 aromatic rings. The smallest absolute Gasteiger partial charge is 0.0765 e. The lowest BCUT2D eigenvalue weighted by Gasteiger charge is -2.27. The number of aliphatic hydroxyl groups is 1.